The summed E-state index contributed by atoms with van der Waals surface area (Å²) in [5.74, 6) is -0.478. The first-order valence-corrected chi connectivity index (χ1v) is 11.9. The molecule has 1 heterocycles. The van der Waals surface area contributed by atoms with Gasteiger partial charge in [-0.05, 0) is 49.3 Å². The maximum absolute atomic E-state index is 12.1. The fourth-order valence-electron chi connectivity index (χ4n) is 3.71. The van der Waals surface area contributed by atoms with Crippen LogP contribution < -0.4 is 0 Å². The highest BCUT2D eigenvalue weighted by Gasteiger charge is 2.22. The maximum atomic E-state index is 12.1. The minimum atomic E-state index is -0.478. The molecule has 0 saturated carbocycles. The first-order valence-electron chi connectivity index (χ1n) is 10.4. The summed E-state index contributed by atoms with van der Waals surface area (Å²) < 4.78 is 1.82. The van der Waals surface area contributed by atoms with Crippen LogP contribution in [0.1, 0.15) is 17.7 Å². The Hall–Kier alpha value is -2.30. The van der Waals surface area contributed by atoms with Crippen molar-refractivity contribution in [2.45, 2.75) is 19.8 Å². The van der Waals surface area contributed by atoms with Gasteiger partial charge in [0.15, 0.2) is 0 Å². The van der Waals surface area contributed by atoms with Crippen molar-refractivity contribution < 1.29 is 4.79 Å². The third kappa shape index (κ3) is 5.28. The van der Waals surface area contributed by atoms with Gasteiger partial charge in [-0.1, -0.05) is 88.4 Å². The summed E-state index contributed by atoms with van der Waals surface area (Å²) in [7, 11) is 0. The third-order valence-electron chi connectivity index (χ3n) is 5.45. The quantitative estimate of drug-likeness (QED) is 0.309. The molecule has 1 unspecified atom stereocenters. The van der Waals surface area contributed by atoms with Crippen LogP contribution in [0.25, 0.3) is 16.9 Å². The summed E-state index contributed by atoms with van der Waals surface area (Å²) in [6.07, 6.45) is 7.52. The maximum Gasteiger partial charge on any atom is 0.127 e. The highest BCUT2D eigenvalue weighted by molar-refractivity contribution is 6.42. The molecule has 0 amide bonds. The Morgan fingerprint density at radius 1 is 1.03 bits per heavy atom. The van der Waals surface area contributed by atoms with E-state index in [0.29, 0.717) is 38.5 Å². The van der Waals surface area contributed by atoms with Gasteiger partial charge in [0.05, 0.1) is 37.2 Å². The van der Waals surface area contributed by atoms with E-state index in [-0.39, 0.29) is 0 Å². The van der Waals surface area contributed by atoms with E-state index >= 15 is 0 Å². The van der Waals surface area contributed by atoms with Gasteiger partial charge in [0.1, 0.15) is 6.29 Å². The molecule has 168 valence electrons. The van der Waals surface area contributed by atoms with Gasteiger partial charge in [0.2, 0.25) is 0 Å². The number of aldehydes is 1. The van der Waals surface area contributed by atoms with E-state index in [1.807, 2.05) is 60.2 Å². The van der Waals surface area contributed by atoms with Crippen LogP contribution in [0.5, 0.6) is 0 Å². The normalized spacial score (nSPS) is 14.8. The second-order valence-corrected chi connectivity index (χ2v) is 9.40. The lowest BCUT2D eigenvalue weighted by Gasteiger charge is -2.13. The molecule has 1 aliphatic carbocycles. The lowest BCUT2D eigenvalue weighted by molar-refractivity contribution is -0.110. The molecule has 0 N–H and O–H groups in total. The lowest BCUT2D eigenvalue weighted by Crippen LogP contribution is -2.11. The molecule has 3 nitrogen and oxygen atoms in total. The molecule has 0 saturated heterocycles. The summed E-state index contributed by atoms with van der Waals surface area (Å²) in [6.45, 7) is 2.04. The standard InChI is InChI=1S/C26H20Cl4N2O/c1-16-6-8-17(9-7-16)25-13-19(31-32(25)20-10-11-22(27)24(29)14-20)12-18(15-33)21-4-2-3-5-23(28)26(21)30/h3-11,13-15,18H,2,12H2,1H3. The second kappa shape index (κ2) is 10.3. The van der Waals surface area contributed by atoms with Crippen LogP contribution in [0.3, 0.4) is 0 Å². The molecule has 1 aliphatic rings. The van der Waals surface area contributed by atoms with E-state index < -0.39 is 5.92 Å². The molecule has 2 aromatic carbocycles. The van der Waals surface area contributed by atoms with Gasteiger partial charge in [-0.3, -0.25) is 0 Å². The largest absolute Gasteiger partial charge is 0.303 e. The lowest BCUT2D eigenvalue weighted by atomic mass is 9.94. The van der Waals surface area contributed by atoms with Crippen molar-refractivity contribution in [2.24, 2.45) is 5.92 Å². The number of nitrogens with zero attached hydrogens (tertiary/aromatic N) is 2. The van der Waals surface area contributed by atoms with Gasteiger partial charge in [-0.2, -0.15) is 5.10 Å². The monoisotopic (exact) mass is 516 g/mol. The molecule has 0 aliphatic heterocycles. The van der Waals surface area contributed by atoms with Gasteiger partial charge >= 0.3 is 0 Å². The number of carbonyl (C=O) groups excluding carboxylic acids is 1. The number of carbonyl (C=O) groups is 1. The Kier molecular flexibility index (Phi) is 7.45. The van der Waals surface area contributed by atoms with Crippen LogP contribution >= 0.6 is 46.4 Å². The van der Waals surface area contributed by atoms with Gasteiger partial charge in [0.25, 0.3) is 0 Å². The van der Waals surface area contributed by atoms with Crippen LogP contribution in [0, 0.1) is 12.8 Å². The summed E-state index contributed by atoms with van der Waals surface area (Å²) in [6, 6.07) is 15.5. The number of hydrogen-bond acceptors (Lipinski definition) is 2. The average Bonchev–Trinajstić information content (AvgIpc) is 3.15. The Labute approximate surface area is 212 Å². The number of benzene rings is 2. The van der Waals surface area contributed by atoms with Crippen LogP contribution in [0.15, 0.2) is 82.4 Å². The van der Waals surface area contributed by atoms with E-state index in [9.17, 15) is 4.79 Å². The molecule has 0 fully saturated rings. The molecule has 4 rings (SSSR count). The first kappa shape index (κ1) is 23.8. The summed E-state index contributed by atoms with van der Waals surface area (Å²) in [4.78, 5) is 12.1. The minimum absolute atomic E-state index is 0.378. The first-order chi connectivity index (χ1) is 15.9. The summed E-state index contributed by atoms with van der Waals surface area (Å²) in [5.41, 5.74) is 5.26. The Balaban J connectivity index is 1.77. The van der Waals surface area contributed by atoms with Gasteiger partial charge in [-0.15, -0.1) is 0 Å². The number of rotatable bonds is 6. The van der Waals surface area contributed by atoms with Crippen molar-refractivity contribution in [2.75, 3.05) is 0 Å². The van der Waals surface area contributed by atoms with Crippen LogP contribution in [0.2, 0.25) is 10.0 Å². The average molecular weight is 518 g/mol. The molecule has 0 spiro atoms. The second-order valence-electron chi connectivity index (χ2n) is 7.80. The van der Waals surface area contributed by atoms with Gasteiger partial charge in [0, 0.05) is 17.9 Å². The molecule has 1 atom stereocenters. The van der Waals surface area contributed by atoms with E-state index in [1.54, 1.807) is 18.2 Å². The van der Waals surface area contributed by atoms with E-state index in [1.165, 1.54) is 0 Å². The number of hydrogen-bond donors (Lipinski definition) is 0. The molecule has 0 radical (unpaired) electrons. The SMILES string of the molecule is Cc1ccc(-c2cc(CC(C=O)C3=CCC=CC(Cl)=C3Cl)nn2-c2ccc(Cl)c(Cl)c2)cc1. The summed E-state index contributed by atoms with van der Waals surface area (Å²) in [5, 5.41) is 6.55. The van der Waals surface area contributed by atoms with Gasteiger partial charge in [-0.25, -0.2) is 4.68 Å². The molecular formula is C26H20Cl4N2O. The smallest absolute Gasteiger partial charge is 0.127 e. The van der Waals surface area contributed by atoms with Crippen molar-refractivity contribution in [3.63, 3.8) is 0 Å². The fraction of sp³-hybridized carbons (Fsp3) is 0.154. The number of allylic oxidation sites excluding steroid dienone is 6. The zero-order valence-corrected chi connectivity index (χ0v) is 20.8. The van der Waals surface area contributed by atoms with Crippen molar-refractivity contribution in [3.05, 3.63) is 104 Å². The molecular weight excluding hydrogens is 498 g/mol. The highest BCUT2D eigenvalue weighted by atomic mass is 35.5. The third-order valence-corrected chi connectivity index (χ3v) is 7.02. The van der Waals surface area contributed by atoms with Crippen molar-refractivity contribution in [1.29, 1.82) is 0 Å². The zero-order chi connectivity index (χ0) is 23.5. The Morgan fingerprint density at radius 3 is 2.48 bits per heavy atom. The highest BCUT2D eigenvalue weighted by Crippen LogP contribution is 2.34. The van der Waals surface area contributed by atoms with Crippen LogP contribution in [-0.2, 0) is 11.2 Å². The molecule has 1 aromatic heterocycles. The molecule has 33 heavy (non-hydrogen) atoms. The van der Waals surface area contributed by atoms with Crippen molar-refractivity contribution in [1.82, 2.24) is 9.78 Å². The Morgan fingerprint density at radius 2 is 1.79 bits per heavy atom. The minimum Gasteiger partial charge on any atom is -0.303 e. The van der Waals surface area contributed by atoms with Crippen molar-refractivity contribution >= 4 is 52.7 Å². The molecule has 3 aromatic rings. The van der Waals surface area contributed by atoms with Crippen LogP contribution in [-0.4, -0.2) is 16.1 Å². The van der Waals surface area contributed by atoms with E-state index in [0.717, 1.165) is 34.5 Å². The predicted octanol–water partition coefficient (Wildman–Crippen LogP) is 8.09. The predicted molar refractivity (Wildman–Crippen MR) is 138 cm³/mol. The number of halogens is 4. The molecule has 7 heteroatoms. The fourth-order valence-corrected chi connectivity index (χ4v) is 4.48. The number of aryl methyl sites for hydroxylation is 1. The van der Waals surface area contributed by atoms with Gasteiger partial charge < -0.3 is 4.79 Å². The number of aromatic nitrogens is 2. The summed E-state index contributed by atoms with van der Waals surface area (Å²) >= 11 is 25.1. The van der Waals surface area contributed by atoms with Crippen LogP contribution in [0.4, 0.5) is 0 Å². The van der Waals surface area contributed by atoms with E-state index in [2.05, 4.69) is 0 Å². The topological polar surface area (TPSA) is 34.9 Å². The van der Waals surface area contributed by atoms with E-state index in [4.69, 9.17) is 51.5 Å². The van der Waals surface area contributed by atoms with Crippen molar-refractivity contribution in [3.8, 4) is 16.9 Å². The molecule has 0 bridgehead atoms. The Bertz CT molecular complexity index is 1290. The zero-order valence-electron chi connectivity index (χ0n) is 17.7.